The van der Waals surface area contributed by atoms with Crippen LogP contribution in [0, 0.1) is 6.92 Å². The number of fused-ring (bicyclic) bond motifs is 1. The van der Waals surface area contributed by atoms with Gasteiger partial charge < -0.3 is 14.4 Å². The monoisotopic (exact) mass is 519 g/mol. The quantitative estimate of drug-likeness (QED) is 0.402. The first-order valence-corrected chi connectivity index (χ1v) is 13.8. The molecule has 38 heavy (non-hydrogen) atoms. The zero-order chi connectivity index (χ0) is 26.5. The number of hydrogen-bond acceptors (Lipinski definition) is 5. The maximum atomic E-state index is 16.6. The number of carbonyl (C=O) groups excluding carboxylic acids is 1. The van der Waals surface area contributed by atoms with E-state index in [2.05, 4.69) is 47.1 Å². The molecule has 3 aromatic rings. The van der Waals surface area contributed by atoms with E-state index in [1.165, 1.54) is 5.56 Å². The molecule has 7 heteroatoms. The number of aryl methyl sites for hydroxylation is 1. The van der Waals surface area contributed by atoms with E-state index in [4.69, 9.17) is 9.47 Å². The second-order valence-corrected chi connectivity index (χ2v) is 10.5. The van der Waals surface area contributed by atoms with Crippen molar-refractivity contribution >= 4 is 16.8 Å². The molecule has 1 amide bonds. The van der Waals surface area contributed by atoms with E-state index in [9.17, 15) is 4.79 Å². The van der Waals surface area contributed by atoms with Gasteiger partial charge in [-0.15, -0.1) is 0 Å². The first-order valence-electron chi connectivity index (χ1n) is 13.8. The number of likely N-dealkylation sites (tertiary alicyclic amines) is 1. The number of morpholine rings is 1. The van der Waals surface area contributed by atoms with Crippen molar-refractivity contribution in [1.82, 2.24) is 14.8 Å². The molecule has 2 aliphatic rings. The average Bonchev–Trinajstić information content (AvgIpc) is 2.95. The molecule has 6 nitrogen and oxygen atoms in total. The molecule has 0 N–H and O–H groups in total. The minimum Gasteiger partial charge on any atom is -0.379 e. The summed E-state index contributed by atoms with van der Waals surface area (Å²) in [6.07, 6.45) is 2.12. The van der Waals surface area contributed by atoms with E-state index in [1.807, 2.05) is 31.3 Å². The fourth-order valence-electron chi connectivity index (χ4n) is 5.66. The van der Waals surface area contributed by atoms with Crippen LogP contribution < -0.4 is 0 Å². The van der Waals surface area contributed by atoms with Crippen molar-refractivity contribution in [2.45, 2.75) is 44.9 Å². The number of ether oxygens (including phenoxy) is 2. The zero-order valence-electron chi connectivity index (χ0n) is 22.5. The largest absolute Gasteiger partial charge is 0.379 e. The Morgan fingerprint density at radius 3 is 2.55 bits per heavy atom. The fraction of sp³-hybridized carbons (Fsp3) is 0.484. The van der Waals surface area contributed by atoms with Crippen molar-refractivity contribution in [3.05, 3.63) is 65.9 Å². The normalized spacial score (nSPS) is 19.0. The third-order valence-corrected chi connectivity index (χ3v) is 7.99. The van der Waals surface area contributed by atoms with Gasteiger partial charge in [0.15, 0.2) is 0 Å². The predicted molar refractivity (Wildman–Crippen MR) is 148 cm³/mol. The maximum Gasteiger partial charge on any atom is 0.222 e. The number of piperidine rings is 1. The Kier molecular flexibility index (Phi) is 8.36. The van der Waals surface area contributed by atoms with Crippen molar-refractivity contribution in [1.29, 1.82) is 0 Å². The van der Waals surface area contributed by atoms with Crippen LogP contribution in [-0.2, 0) is 14.3 Å². The Bertz CT molecular complexity index is 1230. The van der Waals surface area contributed by atoms with Crippen LogP contribution in [0.25, 0.3) is 22.0 Å². The molecule has 0 spiro atoms. The second kappa shape index (κ2) is 11.9. The summed E-state index contributed by atoms with van der Waals surface area (Å²) >= 11 is 0. The lowest BCUT2D eigenvalue weighted by atomic mass is 9.83. The summed E-state index contributed by atoms with van der Waals surface area (Å²) in [7, 11) is 0. The highest BCUT2D eigenvalue weighted by molar-refractivity contribution is 5.86. The number of rotatable bonds is 8. The Labute approximate surface area is 224 Å². The highest BCUT2D eigenvalue weighted by Crippen LogP contribution is 2.42. The van der Waals surface area contributed by atoms with E-state index in [0.717, 1.165) is 60.4 Å². The lowest BCUT2D eigenvalue weighted by Gasteiger charge is -2.41. The van der Waals surface area contributed by atoms with E-state index in [1.54, 1.807) is 4.90 Å². The summed E-state index contributed by atoms with van der Waals surface area (Å²) in [6, 6.07) is 16.4. The number of nitrogens with zero attached hydrogens (tertiary/aromatic N) is 3. The molecule has 202 valence electrons. The zero-order valence-corrected chi connectivity index (χ0v) is 22.5. The second-order valence-electron chi connectivity index (χ2n) is 10.5. The van der Waals surface area contributed by atoms with E-state index in [0.29, 0.717) is 26.1 Å². The molecule has 0 radical (unpaired) electrons. The van der Waals surface area contributed by atoms with E-state index < -0.39 is 11.8 Å². The highest BCUT2D eigenvalue weighted by atomic mass is 19.1. The number of amides is 1. The van der Waals surface area contributed by atoms with Crippen LogP contribution in [0.3, 0.4) is 0 Å². The molecule has 1 unspecified atom stereocenters. The number of benzene rings is 2. The first kappa shape index (κ1) is 26.7. The fourth-order valence-corrected chi connectivity index (χ4v) is 5.66. The van der Waals surface area contributed by atoms with Gasteiger partial charge in [0.25, 0.3) is 0 Å². The van der Waals surface area contributed by atoms with Crippen molar-refractivity contribution in [2.24, 2.45) is 0 Å². The minimum absolute atomic E-state index is 0.0847. The third kappa shape index (κ3) is 5.90. The number of pyridine rings is 1. The molecule has 3 heterocycles. The van der Waals surface area contributed by atoms with Crippen molar-refractivity contribution in [3.63, 3.8) is 0 Å². The highest BCUT2D eigenvalue weighted by Gasteiger charge is 2.44. The van der Waals surface area contributed by atoms with Crippen LogP contribution in [0.4, 0.5) is 4.39 Å². The van der Waals surface area contributed by atoms with Gasteiger partial charge in [0.2, 0.25) is 5.91 Å². The number of alkyl halides is 1. The summed E-state index contributed by atoms with van der Waals surface area (Å²) < 4.78 is 28.4. The van der Waals surface area contributed by atoms with Gasteiger partial charge in [-0.25, -0.2) is 4.39 Å². The molecule has 0 bridgehead atoms. The van der Waals surface area contributed by atoms with Crippen molar-refractivity contribution < 1.29 is 18.7 Å². The third-order valence-electron chi connectivity index (χ3n) is 7.99. The summed E-state index contributed by atoms with van der Waals surface area (Å²) in [6.45, 7) is 9.20. The van der Waals surface area contributed by atoms with Gasteiger partial charge in [0.1, 0.15) is 11.8 Å². The van der Waals surface area contributed by atoms with Crippen molar-refractivity contribution in [2.75, 3.05) is 52.5 Å². The average molecular weight is 520 g/mol. The summed E-state index contributed by atoms with van der Waals surface area (Å²) in [5.41, 5.74) is 3.63. The van der Waals surface area contributed by atoms with Crippen LogP contribution >= 0.6 is 0 Å². The molecule has 1 atom stereocenters. The minimum atomic E-state index is -1.53. The van der Waals surface area contributed by atoms with Gasteiger partial charge >= 0.3 is 0 Å². The smallest absolute Gasteiger partial charge is 0.222 e. The summed E-state index contributed by atoms with van der Waals surface area (Å²) in [4.78, 5) is 20.8. The Hall–Kier alpha value is -2.87. The Morgan fingerprint density at radius 2 is 1.84 bits per heavy atom. The van der Waals surface area contributed by atoms with Crippen LogP contribution in [-0.4, -0.2) is 78.9 Å². The molecular formula is C31H38FN3O3. The number of halogens is 1. The molecule has 2 aromatic carbocycles. The van der Waals surface area contributed by atoms with Gasteiger partial charge in [0, 0.05) is 63.6 Å². The molecule has 0 saturated carbocycles. The number of hydrogen-bond donors (Lipinski definition) is 0. The van der Waals surface area contributed by atoms with Gasteiger partial charge in [-0.1, -0.05) is 37.3 Å². The maximum absolute atomic E-state index is 16.6. The topological polar surface area (TPSA) is 54.9 Å². The number of carbonyl (C=O) groups is 1. The van der Waals surface area contributed by atoms with Gasteiger partial charge in [-0.2, -0.15) is 0 Å². The molecule has 1 aromatic heterocycles. The molecular weight excluding hydrogens is 481 g/mol. The lowest BCUT2D eigenvalue weighted by Crippen LogP contribution is -2.48. The lowest BCUT2D eigenvalue weighted by molar-refractivity contribution is -0.138. The van der Waals surface area contributed by atoms with Crippen LogP contribution in [0.1, 0.15) is 43.4 Å². The van der Waals surface area contributed by atoms with E-state index >= 15 is 4.39 Å². The summed E-state index contributed by atoms with van der Waals surface area (Å²) in [5, 5.41) is 1.12. The Morgan fingerprint density at radius 1 is 1.11 bits per heavy atom. The van der Waals surface area contributed by atoms with Crippen LogP contribution in [0.5, 0.6) is 0 Å². The molecule has 5 rings (SSSR count). The molecule has 2 fully saturated rings. The number of aromatic nitrogens is 1. The SMILES string of the molecule is CCC(=O)N1CCC(F)(C(OCCN2CCOCC2)c2ccc(-c3cc4ncccc4cc3C)cc2)CC1. The standard InChI is InChI=1S/C31H38FN3O3/c1-3-29(36)35-13-10-31(32,11-14-35)30(38-20-17-34-15-18-37-19-16-34)25-8-6-24(7-9-25)27-22-28-26(21-23(27)2)5-4-12-33-28/h4-9,12,21-22,30H,3,10-11,13-20H2,1-2H3. The van der Waals surface area contributed by atoms with Crippen molar-refractivity contribution in [3.8, 4) is 11.1 Å². The van der Waals surface area contributed by atoms with Crippen LogP contribution in [0.15, 0.2) is 54.7 Å². The molecule has 0 aliphatic carbocycles. The molecule has 2 aliphatic heterocycles. The Balaban J connectivity index is 1.37. The summed E-state index contributed by atoms with van der Waals surface area (Å²) in [5.74, 6) is 0.0847. The predicted octanol–water partition coefficient (Wildman–Crippen LogP) is 5.34. The van der Waals surface area contributed by atoms with Gasteiger partial charge in [-0.05, 0) is 47.4 Å². The molecule has 2 saturated heterocycles. The van der Waals surface area contributed by atoms with Gasteiger partial charge in [-0.3, -0.25) is 14.7 Å². The van der Waals surface area contributed by atoms with Crippen LogP contribution in [0.2, 0.25) is 0 Å². The first-order chi connectivity index (χ1) is 18.5. The van der Waals surface area contributed by atoms with E-state index in [-0.39, 0.29) is 18.7 Å². The van der Waals surface area contributed by atoms with Gasteiger partial charge in [0.05, 0.1) is 25.3 Å².